The number of aromatic nitrogens is 2. The lowest BCUT2D eigenvalue weighted by molar-refractivity contribution is -0.120. The zero-order valence-corrected chi connectivity index (χ0v) is 14.1. The van der Waals surface area contributed by atoms with Gasteiger partial charge in [0.1, 0.15) is 5.75 Å². The Labute approximate surface area is 145 Å². The van der Waals surface area contributed by atoms with Gasteiger partial charge in [0, 0.05) is 13.1 Å². The van der Waals surface area contributed by atoms with Crippen molar-refractivity contribution in [3.63, 3.8) is 0 Å². The molecule has 0 spiro atoms. The second-order valence-corrected chi connectivity index (χ2v) is 6.40. The van der Waals surface area contributed by atoms with Crippen molar-refractivity contribution in [3.05, 3.63) is 41.0 Å². The first-order valence-electron chi connectivity index (χ1n) is 7.87. The fourth-order valence-corrected chi connectivity index (χ4v) is 2.96. The molecule has 0 saturated carbocycles. The van der Waals surface area contributed by atoms with Crippen LogP contribution in [0.25, 0.3) is 0 Å². The summed E-state index contributed by atoms with van der Waals surface area (Å²) in [6.45, 7) is 3.28. The van der Waals surface area contributed by atoms with Gasteiger partial charge >= 0.3 is 0 Å². The summed E-state index contributed by atoms with van der Waals surface area (Å²) >= 11 is 5.77. The van der Waals surface area contributed by atoms with E-state index in [1.807, 2.05) is 17.9 Å². The molecule has 6 nitrogen and oxygen atoms in total. The van der Waals surface area contributed by atoms with Gasteiger partial charge in [0.2, 0.25) is 5.91 Å². The molecule has 3 rings (SSSR count). The van der Waals surface area contributed by atoms with Crippen LogP contribution in [0.15, 0.2) is 30.3 Å². The van der Waals surface area contributed by atoms with E-state index >= 15 is 0 Å². The minimum atomic E-state index is -0.170. The van der Waals surface area contributed by atoms with Crippen LogP contribution in [0.4, 0.5) is 11.5 Å². The summed E-state index contributed by atoms with van der Waals surface area (Å²) in [5, 5.41) is 21.0. The summed E-state index contributed by atoms with van der Waals surface area (Å²) in [4.78, 5) is 14.6. The van der Waals surface area contributed by atoms with Crippen molar-refractivity contribution in [1.29, 1.82) is 0 Å². The summed E-state index contributed by atoms with van der Waals surface area (Å²) in [5.41, 5.74) is 1.38. The zero-order valence-electron chi connectivity index (χ0n) is 13.4. The number of nitrogens with zero attached hydrogens (tertiary/aromatic N) is 3. The third kappa shape index (κ3) is 3.76. The van der Waals surface area contributed by atoms with Gasteiger partial charge in [-0.05, 0) is 49.6 Å². The van der Waals surface area contributed by atoms with Crippen molar-refractivity contribution < 1.29 is 9.90 Å². The molecule has 0 unspecified atom stereocenters. The first kappa shape index (κ1) is 16.5. The number of halogens is 1. The first-order chi connectivity index (χ1) is 11.5. The Kier molecular flexibility index (Phi) is 4.85. The fraction of sp³-hybridized carbons (Fsp3) is 0.353. The van der Waals surface area contributed by atoms with E-state index in [0.717, 1.165) is 30.8 Å². The molecule has 2 N–H and O–H groups in total. The van der Waals surface area contributed by atoms with Crippen molar-refractivity contribution in [3.8, 4) is 5.75 Å². The van der Waals surface area contributed by atoms with Crippen molar-refractivity contribution in [2.24, 2.45) is 5.92 Å². The average molecular weight is 347 g/mol. The number of hydrogen-bond acceptors (Lipinski definition) is 5. The predicted octanol–water partition coefficient (Wildman–Crippen LogP) is 3.00. The number of piperidine rings is 1. The molecule has 0 aliphatic carbocycles. The molecule has 1 amide bonds. The summed E-state index contributed by atoms with van der Waals surface area (Å²) < 4.78 is 0. The second-order valence-electron chi connectivity index (χ2n) is 6.01. The van der Waals surface area contributed by atoms with Gasteiger partial charge in [-0.3, -0.25) is 4.79 Å². The summed E-state index contributed by atoms with van der Waals surface area (Å²) in [7, 11) is 0. The van der Waals surface area contributed by atoms with Gasteiger partial charge in [-0.25, -0.2) is 0 Å². The number of amides is 1. The van der Waals surface area contributed by atoms with Crippen LogP contribution in [0.3, 0.4) is 0 Å². The van der Waals surface area contributed by atoms with Crippen LogP contribution in [0.5, 0.6) is 5.75 Å². The minimum absolute atomic E-state index is 0.0829. The smallest absolute Gasteiger partial charge is 0.229 e. The van der Waals surface area contributed by atoms with Crippen LogP contribution in [-0.4, -0.2) is 34.3 Å². The van der Waals surface area contributed by atoms with Crippen LogP contribution in [-0.2, 0) is 4.79 Å². The number of phenolic OH excluding ortho intramolecular Hbond substituents is 1. The van der Waals surface area contributed by atoms with Crippen molar-refractivity contribution >= 4 is 29.0 Å². The van der Waals surface area contributed by atoms with E-state index < -0.39 is 0 Å². The highest BCUT2D eigenvalue weighted by molar-refractivity contribution is 6.29. The molecule has 1 aliphatic heterocycles. The number of nitrogens with one attached hydrogen (secondary N) is 1. The number of rotatable bonds is 3. The van der Waals surface area contributed by atoms with Crippen LogP contribution in [0, 0.1) is 12.8 Å². The maximum absolute atomic E-state index is 12.5. The molecule has 1 aromatic carbocycles. The molecule has 24 heavy (non-hydrogen) atoms. The molecule has 7 heteroatoms. The number of aromatic hydroxyl groups is 1. The van der Waals surface area contributed by atoms with Gasteiger partial charge in [0.05, 0.1) is 11.6 Å². The summed E-state index contributed by atoms with van der Waals surface area (Å²) in [6, 6.07) is 8.70. The molecule has 2 heterocycles. The van der Waals surface area contributed by atoms with E-state index in [-0.39, 0.29) is 17.6 Å². The number of aryl methyl sites for hydroxylation is 1. The van der Waals surface area contributed by atoms with E-state index in [4.69, 9.17) is 11.6 Å². The third-order valence-corrected chi connectivity index (χ3v) is 4.35. The summed E-state index contributed by atoms with van der Waals surface area (Å²) in [6.07, 6.45) is 1.69. The molecule has 1 aromatic heterocycles. The number of phenols is 1. The molecule has 126 valence electrons. The van der Waals surface area contributed by atoms with E-state index in [2.05, 4.69) is 15.5 Å². The van der Waals surface area contributed by atoms with E-state index in [1.165, 1.54) is 0 Å². The zero-order chi connectivity index (χ0) is 17.1. The van der Waals surface area contributed by atoms with E-state index in [9.17, 15) is 9.90 Å². The highest BCUT2D eigenvalue weighted by atomic mass is 35.5. The van der Waals surface area contributed by atoms with Crippen molar-refractivity contribution in [2.45, 2.75) is 19.8 Å². The van der Waals surface area contributed by atoms with Gasteiger partial charge in [-0.1, -0.05) is 17.7 Å². The minimum Gasteiger partial charge on any atom is -0.506 e. The Balaban J connectivity index is 1.67. The Morgan fingerprint density at radius 2 is 2.17 bits per heavy atom. The molecule has 1 fully saturated rings. The molecule has 1 aliphatic rings. The van der Waals surface area contributed by atoms with Gasteiger partial charge in [0.15, 0.2) is 11.0 Å². The van der Waals surface area contributed by atoms with Gasteiger partial charge < -0.3 is 15.3 Å². The van der Waals surface area contributed by atoms with Crippen LogP contribution in [0.2, 0.25) is 5.15 Å². The quantitative estimate of drug-likeness (QED) is 0.835. The molecule has 1 atom stereocenters. The molecule has 0 radical (unpaired) electrons. The monoisotopic (exact) mass is 346 g/mol. The Morgan fingerprint density at radius 3 is 2.88 bits per heavy atom. The Bertz CT molecular complexity index is 736. The van der Waals surface area contributed by atoms with Crippen LogP contribution in [0.1, 0.15) is 18.4 Å². The van der Waals surface area contributed by atoms with Crippen molar-refractivity contribution in [1.82, 2.24) is 10.2 Å². The number of carbonyl (C=O) groups excluding carboxylic acids is 1. The second kappa shape index (κ2) is 7.05. The number of carbonyl (C=O) groups is 1. The highest BCUT2D eigenvalue weighted by Crippen LogP contribution is 2.27. The largest absolute Gasteiger partial charge is 0.506 e. The summed E-state index contributed by atoms with van der Waals surface area (Å²) in [5.74, 6) is 0.535. The standard InChI is InChI=1S/C17H19ClN4O2/c1-11-4-5-13(14(23)9-11)19-17(24)12-3-2-8-22(10-12)16-7-6-15(18)20-21-16/h4-7,9,12,23H,2-3,8,10H2,1H3,(H,19,24)/t12-/m0/s1. The molecule has 1 saturated heterocycles. The molecule has 2 aromatic rings. The number of hydrogen-bond donors (Lipinski definition) is 2. The van der Waals surface area contributed by atoms with Gasteiger partial charge in [-0.15, -0.1) is 10.2 Å². The molecular formula is C17H19ClN4O2. The lowest BCUT2D eigenvalue weighted by Gasteiger charge is -2.32. The fourth-order valence-electron chi connectivity index (χ4n) is 2.86. The van der Waals surface area contributed by atoms with E-state index in [0.29, 0.717) is 17.4 Å². The highest BCUT2D eigenvalue weighted by Gasteiger charge is 2.27. The maximum atomic E-state index is 12.5. The van der Waals surface area contributed by atoms with Gasteiger partial charge in [-0.2, -0.15) is 0 Å². The predicted molar refractivity (Wildman–Crippen MR) is 93.5 cm³/mol. The average Bonchev–Trinajstić information content (AvgIpc) is 2.58. The Morgan fingerprint density at radius 1 is 1.33 bits per heavy atom. The topological polar surface area (TPSA) is 78.4 Å². The lowest BCUT2D eigenvalue weighted by Crippen LogP contribution is -2.41. The number of benzene rings is 1. The molecule has 0 bridgehead atoms. The van der Waals surface area contributed by atoms with Crippen LogP contribution >= 0.6 is 11.6 Å². The van der Waals surface area contributed by atoms with Gasteiger partial charge in [0.25, 0.3) is 0 Å². The number of anilines is 2. The SMILES string of the molecule is Cc1ccc(NC(=O)[C@H]2CCCN(c3ccc(Cl)nn3)C2)c(O)c1. The Hall–Kier alpha value is -2.34. The van der Waals surface area contributed by atoms with E-state index in [1.54, 1.807) is 24.3 Å². The van der Waals surface area contributed by atoms with Crippen molar-refractivity contribution in [2.75, 3.05) is 23.3 Å². The normalized spacial score (nSPS) is 17.6. The third-order valence-electron chi connectivity index (χ3n) is 4.15. The van der Waals surface area contributed by atoms with Crippen LogP contribution < -0.4 is 10.2 Å². The maximum Gasteiger partial charge on any atom is 0.229 e. The lowest BCUT2D eigenvalue weighted by atomic mass is 9.97. The molecular weight excluding hydrogens is 328 g/mol. The first-order valence-corrected chi connectivity index (χ1v) is 8.25.